The molecule has 0 aromatic carbocycles. The zero-order valence-corrected chi connectivity index (χ0v) is 13.4. The number of amides is 1. The molecule has 6 nitrogen and oxygen atoms in total. The normalized spacial score (nSPS) is 12.5. The minimum Gasteiger partial charge on any atom is -0.469 e. The van der Waals surface area contributed by atoms with Gasteiger partial charge in [-0.15, -0.1) is 0 Å². The molecule has 6 heteroatoms. The quantitative estimate of drug-likeness (QED) is 0.782. The number of nitrogens with zero attached hydrogens (tertiary/aromatic N) is 2. The first kappa shape index (κ1) is 15.3. The van der Waals surface area contributed by atoms with Crippen LogP contribution >= 0.6 is 0 Å². The van der Waals surface area contributed by atoms with Crippen molar-refractivity contribution in [3.05, 3.63) is 47.2 Å². The molecule has 0 unspecified atom stereocenters. The zero-order chi connectivity index (χ0) is 16.4. The fourth-order valence-electron chi connectivity index (χ4n) is 2.58. The van der Waals surface area contributed by atoms with Gasteiger partial charge in [-0.3, -0.25) is 4.79 Å². The highest BCUT2D eigenvalue weighted by molar-refractivity contribution is 6.06. The lowest BCUT2D eigenvalue weighted by Crippen LogP contribution is -2.33. The summed E-state index contributed by atoms with van der Waals surface area (Å²) in [6, 6.07) is 5.59. The average Bonchev–Trinajstić information content (AvgIpc) is 3.14. The Morgan fingerprint density at radius 3 is 2.96 bits per heavy atom. The van der Waals surface area contributed by atoms with E-state index >= 15 is 0 Å². The van der Waals surface area contributed by atoms with E-state index in [1.54, 1.807) is 19.3 Å². The topological polar surface area (TPSA) is 81.2 Å². The van der Waals surface area contributed by atoms with Crippen LogP contribution in [0.3, 0.4) is 0 Å². The maximum absolute atomic E-state index is 12.6. The molecule has 0 saturated heterocycles. The fourth-order valence-corrected chi connectivity index (χ4v) is 2.58. The Morgan fingerprint density at radius 1 is 1.39 bits per heavy atom. The van der Waals surface area contributed by atoms with E-state index in [0.29, 0.717) is 22.4 Å². The lowest BCUT2D eigenvalue weighted by atomic mass is 10.1. The monoisotopic (exact) mass is 313 g/mol. The number of aryl methyl sites for hydroxylation is 3. The summed E-state index contributed by atoms with van der Waals surface area (Å²) in [6.45, 7) is 5.61. The standard InChI is InChI=1S/C17H19N3O3/c1-10(6-7-13-5-4-8-22-13)18-16(21)14-9-11(2)19-17-15(14)12(3)20-23-17/h4-5,8-10H,6-7H2,1-3H3,(H,18,21)/t10-/m0/s1. The van der Waals surface area contributed by atoms with Crippen molar-refractivity contribution in [3.8, 4) is 0 Å². The van der Waals surface area contributed by atoms with E-state index in [9.17, 15) is 4.79 Å². The van der Waals surface area contributed by atoms with Crippen LogP contribution in [0.25, 0.3) is 11.1 Å². The number of hydrogen-bond donors (Lipinski definition) is 1. The molecule has 1 atom stereocenters. The second kappa shape index (κ2) is 6.24. The van der Waals surface area contributed by atoms with Crippen molar-refractivity contribution in [2.45, 2.75) is 39.7 Å². The van der Waals surface area contributed by atoms with Crippen molar-refractivity contribution in [1.29, 1.82) is 0 Å². The third-order valence-electron chi connectivity index (χ3n) is 3.77. The molecule has 1 N–H and O–H groups in total. The minimum absolute atomic E-state index is 0.0243. The van der Waals surface area contributed by atoms with Gasteiger partial charge in [0.25, 0.3) is 11.6 Å². The van der Waals surface area contributed by atoms with Crippen LogP contribution in [0.4, 0.5) is 0 Å². The van der Waals surface area contributed by atoms with Gasteiger partial charge in [-0.05, 0) is 45.4 Å². The Hall–Kier alpha value is -2.63. The van der Waals surface area contributed by atoms with E-state index in [0.717, 1.165) is 24.3 Å². The number of hydrogen-bond acceptors (Lipinski definition) is 5. The van der Waals surface area contributed by atoms with Gasteiger partial charge in [-0.1, -0.05) is 5.16 Å². The van der Waals surface area contributed by atoms with Crippen LogP contribution < -0.4 is 5.32 Å². The van der Waals surface area contributed by atoms with Gasteiger partial charge in [0.05, 0.1) is 22.9 Å². The highest BCUT2D eigenvalue weighted by atomic mass is 16.5. The highest BCUT2D eigenvalue weighted by Crippen LogP contribution is 2.22. The second-order valence-electron chi connectivity index (χ2n) is 5.75. The number of rotatable bonds is 5. The van der Waals surface area contributed by atoms with Crippen LogP contribution in [0.15, 0.2) is 33.4 Å². The van der Waals surface area contributed by atoms with Gasteiger partial charge < -0.3 is 14.3 Å². The molecule has 0 aliphatic heterocycles. The lowest BCUT2D eigenvalue weighted by Gasteiger charge is -2.14. The molecule has 3 aromatic rings. The maximum Gasteiger partial charge on any atom is 0.258 e. The molecular weight excluding hydrogens is 294 g/mol. The van der Waals surface area contributed by atoms with Gasteiger partial charge in [0, 0.05) is 18.2 Å². The summed E-state index contributed by atoms with van der Waals surface area (Å²) < 4.78 is 10.5. The first-order valence-electron chi connectivity index (χ1n) is 7.61. The SMILES string of the molecule is Cc1cc(C(=O)N[C@@H](C)CCc2ccco2)c2c(C)noc2n1. The smallest absolute Gasteiger partial charge is 0.258 e. The molecule has 1 amide bonds. The van der Waals surface area contributed by atoms with Crippen molar-refractivity contribution < 1.29 is 13.7 Å². The van der Waals surface area contributed by atoms with Gasteiger partial charge in [0.15, 0.2) is 0 Å². The number of pyridine rings is 1. The summed E-state index contributed by atoms with van der Waals surface area (Å²) in [5.74, 6) is 0.780. The van der Waals surface area contributed by atoms with Gasteiger partial charge in [-0.2, -0.15) is 0 Å². The minimum atomic E-state index is -0.140. The van der Waals surface area contributed by atoms with Gasteiger partial charge in [0.1, 0.15) is 5.76 Å². The molecule has 120 valence electrons. The van der Waals surface area contributed by atoms with Crippen molar-refractivity contribution in [2.24, 2.45) is 0 Å². The van der Waals surface area contributed by atoms with Gasteiger partial charge in [0.2, 0.25) is 0 Å². The number of aromatic nitrogens is 2. The van der Waals surface area contributed by atoms with Crippen LogP contribution in [-0.2, 0) is 6.42 Å². The van der Waals surface area contributed by atoms with E-state index < -0.39 is 0 Å². The van der Waals surface area contributed by atoms with Crippen LogP contribution in [0.1, 0.15) is 40.9 Å². The predicted octanol–water partition coefficient (Wildman–Crippen LogP) is 3.18. The second-order valence-corrected chi connectivity index (χ2v) is 5.75. The molecule has 0 bridgehead atoms. The molecule has 0 saturated carbocycles. The first-order valence-corrected chi connectivity index (χ1v) is 7.61. The molecule has 23 heavy (non-hydrogen) atoms. The Balaban J connectivity index is 1.74. The number of furan rings is 1. The highest BCUT2D eigenvalue weighted by Gasteiger charge is 2.19. The van der Waals surface area contributed by atoms with E-state index in [2.05, 4.69) is 15.5 Å². The third kappa shape index (κ3) is 3.26. The van der Waals surface area contributed by atoms with Crippen LogP contribution in [0.5, 0.6) is 0 Å². The van der Waals surface area contributed by atoms with Crippen LogP contribution in [-0.4, -0.2) is 22.1 Å². The molecule has 0 spiro atoms. The predicted molar refractivity (Wildman–Crippen MR) is 85.2 cm³/mol. The Kier molecular flexibility index (Phi) is 4.14. The Morgan fingerprint density at radius 2 is 2.22 bits per heavy atom. The third-order valence-corrected chi connectivity index (χ3v) is 3.77. The van der Waals surface area contributed by atoms with Crippen molar-refractivity contribution in [1.82, 2.24) is 15.5 Å². The summed E-state index contributed by atoms with van der Waals surface area (Å²) in [5.41, 5.74) is 2.34. The van der Waals surface area contributed by atoms with E-state index in [1.807, 2.05) is 26.0 Å². The largest absolute Gasteiger partial charge is 0.469 e. The number of carbonyl (C=O) groups excluding carboxylic acids is 1. The number of fused-ring (bicyclic) bond motifs is 1. The molecule has 0 aliphatic rings. The number of carbonyl (C=O) groups is 1. The molecule has 0 fully saturated rings. The van der Waals surface area contributed by atoms with Crippen molar-refractivity contribution >= 4 is 17.0 Å². The molecule has 0 radical (unpaired) electrons. The summed E-state index contributed by atoms with van der Waals surface area (Å²) in [7, 11) is 0. The summed E-state index contributed by atoms with van der Waals surface area (Å²) in [5, 5.41) is 7.59. The number of nitrogens with one attached hydrogen (secondary N) is 1. The average molecular weight is 313 g/mol. The summed E-state index contributed by atoms with van der Waals surface area (Å²) in [6.07, 6.45) is 3.24. The van der Waals surface area contributed by atoms with Gasteiger partial charge in [-0.25, -0.2) is 4.98 Å². The Labute approximate surface area is 133 Å². The van der Waals surface area contributed by atoms with Crippen LogP contribution in [0.2, 0.25) is 0 Å². The Bertz CT molecular complexity index is 821. The summed E-state index contributed by atoms with van der Waals surface area (Å²) in [4.78, 5) is 16.9. The van der Waals surface area contributed by atoms with Gasteiger partial charge >= 0.3 is 0 Å². The lowest BCUT2D eigenvalue weighted by molar-refractivity contribution is 0.0939. The molecular formula is C17H19N3O3. The molecule has 3 heterocycles. The molecule has 3 aromatic heterocycles. The summed E-state index contributed by atoms with van der Waals surface area (Å²) >= 11 is 0. The fraction of sp³-hybridized carbons (Fsp3) is 0.353. The van der Waals surface area contributed by atoms with E-state index in [4.69, 9.17) is 8.94 Å². The first-order chi connectivity index (χ1) is 11.0. The maximum atomic E-state index is 12.6. The van der Waals surface area contributed by atoms with E-state index in [-0.39, 0.29) is 11.9 Å². The van der Waals surface area contributed by atoms with Crippen LogP contribution in [0, 0.1) is 13.8 Å². The van der Waals surface area contributed by atoms with Crippen molar-refractivity contribution in [3.63, 3.8) is 0 Å². The molecule has 0 aliphatic carbocycles. The van der Waals surface area contributed by atoms with E-state index in [1.165, 1.54) is 0 Å². The molecule has 3 rings (SSSR count). The van der Waals surface area contributed by atoms with Crippen molar-refractivity contribution in [2.75, 3.05) is 0 Å². The zero-order valence-electron chi connectivity index (χ0n) is 13.4.